The van der Waals surface area contributed by atoms with E-state index in [1.54, 1.807) is 0 Å². The molecule has 4 heteroatoms. The lowest BCUT2D eigenvalue weighted by atomic mass is 9.93. The lowest BCUT2D eigenvalue weighted by Gasteiger charge is -2.32. The molecule has 1 aliphatic heterocycles. The number of fused-ring (bicyclic) bond motifs is 1. The Bertz CT molecular complexity index is 664. The van der Waals surface area contributed by atoms with Crippen LogP contribution in [0, 0.1) is 12.8 Å². The van der Waals surface area contributed by atoms with Gasteiger partial charge in [0.25, 0.3) is 0 Å². The van der Waals surface area contributed by atoms with E-state index in [1.807, 2.05) is 11.3 Å². The van der Waals surface area contributed by atoms with Crippen LogP contribution in [0.1, 0.15) is 36.1 Å². The lowest BCUT2D eigenvalue weighted by molar-refractivity contribution is -0.118. The number of carbonyl (C=O) groups excluding carboxylic acids is 1. The standard InChI is InChI=1S/C18H24N2OS/c1-13-16(15-6-2-3-7-17(15)22-13)12-20-10-4-5-14(11-20)8-9-18(19)21/h2-3,6-7,14H,4-5,8-12H2,1H3,(H2,19,21)/t14-/m1/s1. The number of carbonyl (C=O) groups is 1. The first kappa shape index (κ1) is 15.5. The minimum Gasteiger partial charge on any atom is -0.370 e. The highest BCUT2D eigenvalue weighted by atomic mass is 32.1. The summed E-state index contributed by atoms with van der Waals surface area (Å²) in [5.41, 5.74) is 6.77. The van der Waals surface area contributed by atoms with Gasteiger partial charge in [0.15, 0.2) is 0 Å². The minimum atomic E-state index is -0.170. The molecule has 1 fully saturated rings. The molecule has 0 radical (unpaired) electrons. The number of hydrogen-bond donors (Lipinski definition) is 1. The number of amides is 1. The third-order valence-corrected chi connectivity index (χ3v) is 5.81. The quantitative estimate of drug-likeness (QED) is 0.914. The summed E-state index contributed by atoms with van der Waals surface area (Å²) >= 11 is 1.89. The number of primary amides is 1. The molecule has 0 aliphatic carbocycles. The van der Waals surface area contributed by atoms with E-state index in [2.05, 4.69) is 36.1 Å². The van der Waals surface area contributed by atoms with Gasteiger partial charge in [0.2, 0.25) is 5.91 Å². The van der Waals surface area contributed by atoms with Crippen LogP contribution in [0.5, 0.6) is 0 Å². The number of nitrogens with zero attached hydrogens (tertiary/aromatic N) is 1. The Labute approximate surface area is 136 Å². The topological polar surface area (TPSA) is 46.3 Å². The van der Waals surface area contributed by atoms with Gasteiger partial charge in [0.05, 0.1) is 0 Å². The predicted molar refractivity (Wildman–Crippen MR) is 93.0 cm³/mol. The van der Waals surface area contributed by atoms with E-state index in [-0.39, 0.29) is 5.91 Å². The molecule has 0 bridgehead atoms. The highest BCUT2D eigenvalue weighted by Crippen LogP contribution is 2.32. The smallest absolute Gasteiger partial charge is 0.217 e. The van der Waals surface area contributed by atoms with Gasteiger partial charge in [-0.05, 0) is 55.7 Å². The van der Waals surface area contributed by atoms with E-state index in [9.17, 15) is 4.79 Å². The van der Waals surface area contributed by atoms with Crippen molar-refractivity contribution in [1.82, 2.24) is 4.90 Å². The molecule has 3 nitrogen and oxygen atoms in total. The van der Waals surface area contributed by atoms with Crippen molar-refractivity contribution in [3.63, 3.8) is 0 Å². The third kappa shape index (κ3) is 3.50. The van der Waals surface area contributed by atoms with Crippen LogP contribution in [0.15, 0.2) is 24.3 Å². The lowest BCUT2D eigenvalue weighted by Crippen LogP contribution is -2.35. The predicted octanol–water partition coefficient (Wildman–Crippen LogP) is 3.69. The van der Waals surface area contributed by atoms with Gasteiger partial charge in [-0.3, -0.25) is 9.69 Å². The van der Waals surface area contributed by atoms with Crippen molar-refractivity contribution in [2.24, 2.45) is 11.7 Å². The fourth-order valence-electron chi connectivity index (χ4n) is 3.52. The Morgan fingerprint density at radius 1 is 1.41 bits per heavy atom. The van der Waals surface area contributed by atoms with Crippen LogP contribution < -0.4 is 5.73 Å². The van der Waals surface area contributed by atoms with Crippen molar-refractivity contribution in [2.45, 2.75) is 39.2 Å². The van der Waals surface area contributed by atoms with E-state index >= 15 is 0 Å². The van der Waals surface area contributed by atoms with Crippen LogP contribution in [-0.2, 0) is 11.3 Å². The first-order valence-corrected chi connectivity index (χ1v) is 8.93. The maximum Gasteiger partial charge on any atom is 0.217 e. The van der Waals surface area contributed by atoms with Crippen molar-refractivity contribution in [3.8, 4) is 0 Å². The number of piperidine rings is 1. The number of hydrogen-bond acceptors (Lipinski definition) is 3. The molecule has 1 atom stereocenters. The maximum atomic E-state index is 11.0. The van der Waals surface area contributed by atoms with Crippen LogP contribution in [0.25, 0.3) is 10.1 Å². The molecule has 2 N–H and O–H groups in total. The van der Waals surface area contributed by atoms with Crippen LogP contribution in [0.3, 0.4) is 0 Å². The highest BCUT2D eigenvalue weighted by molar-refractivity contribution is 7.19. The summed E-state index contributed by atoms with van der Waals surface area (Å²) in [7, 11) is 0. The van der Waals surface area contributed by atoms with E-state index in [0.29, 0.717) is 12.3 Å². The van der Waals surface area contributed by atoms with Gasteiger partial charge in [0, 0.05) is 29.1 Å². The third-order valence-electron chi connectivity index (χ3n) is 4.68. The van der Waals surface area contributed by atoms with Gasteiger partial charge >= 0.3 is 0 Å². The second kappa shape index (κ2) is 6.80. The molecule has 1 aliphatic rings. The summed E-state index contributed by atoms with van der Waals surface area (Å²) in [5.74, 6) is 0.447. The molecule has 3 rings (SSSR count). The molecule has 2 heterocycles. The molecule has 1 saturated heterocycles. The largest absolute Gasteiger partial charge is 0.370 e. The molecule has 1 aromatic carbocycles. The van der Waals surface area contributed by atoms with Gasteiger partial charge in [-0.2, -0.15) is 0 Å². The molecule has 22 heavy (non-hydrogen) atoms. The fraction of sp³-hybridized carbons (Fsp3) is 0.500. The van der Waals surface area contributed by atoms with Crippen molar-refractivity contribution < 1.29 is 4.79 Å². The number of nitrogens with two attached hydrogens (primary N) is 1. The molecule has 2 aromatic rings. The minimum absolute atomic E-state index is 0.170. The van der Waals surface area contributed by atoms with Gasteiger partial charge in [-0.25, -0.2) is 0 Å². The number of benzene rings is 1. The van der Waals surface area contributed by atoms with E-state index < -0.39 is 0 Å². The summed E-state index contributed by atoms with van der Waals surface area (Å²) in [5, 5.41) is 1.41. The number of rotatable bonds is 5. The van der Waals surface area contributed by atoms with Crippen molar-refractivity contribution in [2.75, 3.05) is 13.1 Å². The molecular weight excluding hydrogens is 292 g/mol. The highest BCUT2D eigenvalue weighted by Gasteiger charge is 2.21. The normalized spacial score (nSPS) is 19.6. The number of thiophene rings is 1. The number of aryl methyl sites for hydroxylation is 1. The van der Waals surface area contributed by atoms with Gasteiger partial charge in [0.1, 0.15) is 0 Å². The maximum absolute atomic E-state index is 11.0. The van der Waals surface area contributed by atoms with Gasteiger partial charge in [-0.1, -0.05) is 18.2 Å². The average Bonchev–Trinajstić information content (AvgIpc) is 2.82. The SMILES string of the molecule is Cc1sc2ccccc2c1CN1CCC[C@H](CCC(N)=O)C1. The van der Waals surface area contributed by atoms with Crippen LogP contribution in [-0.4, -0.2) is 23.9 Å². The van der Waals surface area contributed by atoms with Crippen molar-refractivity contribution >= 4 is 27.3 Å². The van der Waals surface area contributed by atoms with Gasteiger partial charge in [-0.15, -0.1) is 11.3 Å². The Morgan fingerprint density at radius 3 is 3.05 bits per heavy atom. The fourth-order valence-corrected chi connectivity index (χ4v) is 4.59. The molecule has 0 unspecified atom stereocenters. The summed E-state index contributed by atoms with van der Waals surface area (Å²) in [6.45, 7) is 5.52. The molecule has 0 spiro atoms. The second-order valence-electron chi connectivity index (χ2n) is 6.38. The zero-order valence-corrected chi connectivity index (χ0v) is 14.0. The molecule has 0 saturated carbocycles. The summed E-state index contributed by atoms with van der Waals surface area (Å²) in [6.07, 6.45) is 3.92. The summed E-state index contributed by atoms with van der Waals surface area (Å²) in [4.78, 5) is 15.0. The Kier molecular flexibility index (Phi) is 4.79. The molecule has 1 amide bonds. The van der Waals surface area contributed by atoms with E-state index in [1.165, 1.54) is 33.4 Å². The zero-order valence-electron chi connectivity index (χ0n) is 13.2. The summed E-state index contributed by atoms with van der Waals surface area (Å²) in [6, 6.07) is 8.69. The molecule has 1 aromatic heterocycles. The zero-order chi connectivity index (χ0) is 15.5. The van der Waals surface area contributed by atoms with E-state index in [0.717, 1.165) is 26.1 Å². The number of likely N-dealkylation sites (tertiary alicyclic amines) is 1. The van der Waals surface area contributed by atoms with Gasteiger partial charge < -0.3 is 5.73 Å². The first-order chi connectivity index (χ1) is 10.6. The van der Waals surface area contributed by atoms with Crippen LogP contribution in [0.2, 0.25) is 0 Å². The van der Waals surface area contributed by atoms with E-state index in [4.69, 9.17) is 5.73 Å². The van der Waals surface area contributed by atoms with Crippen LogP contribution >= 0.6 is 11.3 Å². The molecule has 118 valence electrons. The average molecular weight is 316 g/mol. The Hall–Kier alpha value is -1.39. The Balaban J connectivity index is 1.69. The second-order valence-corrected chi connectivity index (χ2v) is 7.64. The van der Waals surface area contributed by atoms with Crippen molar-refractivity contribution in [1.29, 1.82) is 0 Å². The first-order valence-electron chi connectivity index (χ1n) is 8.11. The Morgan fingerprint density at radius 2 is 2.23 bits per heavy atom. The summed E-state index contributed by atoms with van der Waals surface area (Å²) < 4.78 is 1.39. The monoisotopic (exact) mass is 316 g/mol. The molecular formula is C18H24N2OS. The van der Waals surface area contributed by atoms with Crippen LogP contribution in [0.4, 0.5) is 0 Å². The van der Waals surface area contributed by atoms with Crippen molar-refractivity contribution in [3.05, 3.63) is 34.7 Å².